The molecule has 0 unspecified atom stereocenters. The molecule has 0 aromatic rings. The normalized spacial score (nSPS) is 2.00. The van der Waals surface area contributed by atoms with Crippen LogP contribution >= 0.6 is 24.8 Å². The second kappa shape index (κ2) is 33.3. The van der Waals surface area contributed by atoms with Gasteiger partial charge >= 0.3 is 37.7 Å². The predicted molar refractivity (Wildman–Crippen MR) is 31.2 cm³/mol. The molecule has 0 aromatic heterocycles. The average Bonchev–Trinajstić information content (AvgIpc) is 0.918. The zero-order chi connectivity index (χ0) is 2.71. The molecule has 0 aliphatic carbocycles. The predicted octanol–water partition coefficient (Wildman–Crippen LogP) is 0.389. The van der Waals surface area contributed by atoms with E-state index in [9.17, 15) is 0 Å². The maximum Gasteiger partial charge on any atom is 2.00 e. The zero-order valence-corrected chi connectivity index (χ0v) is 6.80. The van der Waals surface area contributed by atoms with Crippen LogP contribution in [0.1, 0.15) is 2.85 Å². The fraction of sp³-hybridized carbons (Fsp3) is 0. The Morgan fingerprint density at radius 2 is 1.50 bits per heavy atom. The van der Waals surface area contributed by atoms with E-state index >= 15 is 0 Å². The van der Waals surface area contributed by atoms with Crippen molar-refractivity contribution in [3.8, 4) is 0 Å². The van der Waals surface area contributed by atoms with Crippen molar-refractivity contribution >= 4 is 69.0 Å². The summed E-state index contributed by atoms with van der Waals surface area (Å²) >= 11 is 0. The van der Waals surface area contributed by atoms with Gasteiger partial charge in [-0.3, -0.25) is 4.79 Å². The third-order valence-corrected chi connectivity index (χ3v) is 0. The van der Waals surface area contributed by atoms with Crippen molar-refractivity contribution in [2.45, 2.75) is 0 Å². The Morgan fingerprint density at radius 1 is 1.50 bits per heavy atom. The molecule has 5 heteroatoms. The van der Waals surface area contributed by atoms with E-state index in [4.69, 9.17) is 9.90 Å². The molecule has 0 heterocycles. The van der Waals surface area contributed by atoms with Gasteiger partial charge < -0.3 is 7.96 Å². The Balaban J connectivity index is -0.00000000200. The standard InChI is InChI=1S/CH2O2.Ca.2ClH.2H/c2-1-3;;;;;/h1H,(H,2,3);;2*1H;;/q;+2;;;2*-1. The molecule has 0 rings (SSSR count). The molecule has 0 atom stereocenters. The average molecular weight is 161 g/mol. The third kappa shape index (κ3) is 57.5. The smallest absolute Gasteiger partial charge is 1.00 e. The Hall–Kier alpha value is 1.31. The minimum absolute atomic E-state index is 0. The van der Waals surface area contributed by atoms with Crippen molar-refractivity contribution in [2.75, 3.05) is 0 Å². The van der Waals surface area contributed by atoms with Crippen molar-refractivity contribution in [3.63, 3.8) is 0 Å². The molecule has 2 nitrogen and oxygen atoms in total. The molecule has 0 spiro atoms. The van der Waals surface area contributed by atoms with E-state index < -0.39 is 0 Å². The van der Waals surface area contributed by atoms with Crippen LogP contribution in [0.2, 0.25) is 0 Å². The minimum atomic E-state index is -0.250. The molecule has 0 saturated heterocycles. The van der Waals surface area contributed by atoms with Crippen LogP contribution in [0.4, 0.5) is 0 Å². The number of hydrogen-bond acceptors (Lipinski definition) is 1. The molecule has 0 aliphatic rings. The van der Waals surface area contributed by atoms with Gasteiger partial charge in [-0.2, -0.15) is 0 Å². The summed E-state index contributed by atoms with van der Waals surface area (Å²) in [7, 11) is 0. The first-order valence-corrected chi connectivity index (χ1v) is 0.494. The molecule has 1 N–H and O–H groups in total. The Bertz CT molecular complexity index is 25.5. The zero-order valence-electron chi connectivity index (χ0n) is 4.96. The van der Waals surface area contributed by atoms with Gasteiger partial charge in [0.1, 0.15) is 0 Å². The van der Waals surface area contributed by atoms with Crippen molar-refractivity contribution < 1.29 is 12.8 Å². The summed E-state index contributed by atoms with van der Waals surface area (Å²) in [5.41, 5.74) is 0. The van der Waals surface area contributed by atoms with Gasteiger partial charge in [0.25, 0.3) is 6.47 Å². The van der Waals surface area contributed by atoms with Crippen LogP contribution in [0, 0.1) is 0 Å². The Labute approximate surface area is 81.1 Å². The molecule has 0 radical (unpaired) electrons. The molecule has 38 valence electrons. The van der Waals surface area contributed by atoms with Crippen molar-refractivity contribution in [1.29, 1.82) is 0 Å². The second-order valence-electron chi connectivity index (χ2n) is 0.105. The SMILES string of the molecule is Cl.Cl.O=CO.[Ca+2].[H-].[H-]. The molecule has 0 amide bonds. The monoisotopic (exact) mass is 160 g/mol. The summed E-state index contributed by atoms with van der Waals surface area (Å²) in [6, 6.07) is 0. The molecular weight excluding hydrogens is 155 g/mol. The summed E-state index contributed by atoms with van der Waals surface area (Å²) in [6.07, 6.45) is 0. The van der Waals surface area contributed by atoms with Gasteiger partial charge in [-0.05, 0) is 0 Å². The fourth-order valence-corrected chi connectivity index (χ4v) is 0. The van der Waals surface area contributed by atoms with Gasteiger partial charge in [-0.25, -0.2) is 0 Å². The first kappa shape index (κ1) is 26.6. The summed E-state index contributed by atoms with van der Waals surface area (Å²) in [5, 5.41) is 6.89. The van der Waals surface area contributed by atoms with Crippen molar-refractivity contribution in [3.05, 3.63) is 0 Å². The van der Waals surface area contributed by atoms with Crippen LogP contribution in [0.5, 0.6) is 0 Å². The van der Waals surface area contributed by atoms with Crippen molar-refractivity contribution in [1.82, 2.24) is 0 Å². The Kier molecular flexibility index (Phi) is 148. The number of halogens is 2. The summed E-state index contributed by atoms with van der Waals surface area (Å²) in [6.45, 7) is -0.250. The van der Waals surface area contributed by atoms with E-state index in [1.807, 2.05) is 0 Å². The maximum absolute atomic E-state index is 8.36. The van der Waals surface area contributed by atoms with Crippen LogP contribution in [-0.4, -0.2) is 49.3 Å². The fourth-order valence-electron chi connectivity index (χ4n) is 0. The van der Waals surface area contributed by atoms with E-state index in [0.29, 0.717) is 0 Å². The topological polar surface area (TPSA) is 37.3 Å². The van der Waals surface area contributed by atoms with Crippen LogP contribution < -0.4 is 0 Å². The number of rotatable bonds is 0. The number of carboxylic acid groups (broad SMARTS) is 1. The number of hydrogen-bond donors (Lipinski definition) is 1. The molecule has 0 bridgehead atoms. The van der Waals surface area contributed by atoms with Gasteiger partial charge in [-0.15, -0.1) is 24.8 Å². The summed E-state index contributed by atoms with van der Waals surface area (Å²) < 4.78 is 0. The third-order valence-electron chi connectivity index (χ3n) is 0. The van der Waals surface area contributed by atoms with Crippen LogP contribution in [0.25, 0.3) is 0 Å². The van der Waals surface area contributed by atoms with Gasteiger partial charge in [0.2, 0.25) is 0 Å². The minimum Gasteiger partial charge on any atom is -1.00 e. The summed E-state index contributed by atoms with van der Waals surface area (Å²) in [5.74, 6) is 0. The van der Waals surface area contributed by atoms with E-state index in [1.54, 1.807) is 0 Å². The van der Waals surface area contributed by atoms with Gasteiger partial charge in [0, 0.05) is 0 Å². The van der Waals surface area contributed by atoms with E-state index in [2.05, 4.69) is 0 Å². The first-order valence-electron chi connectivity index (χ1n) is 0.494. The van der Waals surface area contributed by atoms with Gasteiger partial charge in [-0.1, -0.05) is 0 Å². The van der Waals surface area contributed by atoms with E-state index in [-0.39, 0.29) is 71.9 Å². The molecule has 0 saturated carbocycles. The molecule has 6 heavy (non-hydrogen) atoms. The quantitative estimate of drug-likeness (QED) is 0.412. The van der Waals surface area contributed by atoms with E-state index in [0.717, 1.165) is 0 Å². The van der Waals surface area contributed by atoms with Gasteiger partial charge in [0.05, 0.1) is 0 Å². The van der Waals surface area contributed by atoms with Crippen molar-refractivity contribution in [2.24, 2.45) is 0 Å². The maximum atomic E-state index is 8.36. The molecule has 0 aliphatic heterocycles. The largest absolute Gasteiger partial charge is 2.00 e. The second-order valence-corrected chi connectivity index (χ2v) is 0.105. The summed E-state index contributed by atoms with van der Waals surface area (Å²) in [4.78, 5) is 8.36. The van der Waals surface area contributed by atoms with Crippen LogP contribution in [-0.2, 0) is 4.79 Å². The van der Waals surface area contributed by atoms with Gasteiger partial charge in [0.15, 0.2) is 0 Å². The first-order chi connectivity index (χ1) is 1.41. The number of carbonyl (C=O) groups is 1. The van der Waals surface area contributed by atoms with Crippen LogP contribution in [0.3, 0.4) is 0 Å². The molecule has 0 aromatic carbocycles. The van der Waals surface area contributed by atoms with Crippen LogP contribution in [0.15, 0.2) is 0 Å². The molecular formula is CH6CaCl2O2. The van der Waals surface area contributed by atoms with E-state index in [1.165, 1.54) is 0 Å². The molecule has 0 fully saturated rings. The Morgan fingerprint density at radius 3 is 1.50 bits per heavy atom.